The summed E-state index contributed by atoms with van der Waals surface area (Å²) in [5, 5.41) is 0. The molecule has 106 valence electrons. The number of hydrogen-bond acceptors (Lipinski definition) is 2. The van der Waals surface area contributed by atoms with Crippen LogP contribution in [0.3, 0.4) is 0 Å². The highest BCUT2D eigenvalue weighted by atomic mass is 32.2. The molecule has 0 fully saturated rings. The van der Waals surface area contributed by atoms with Crippen LogP contribution in [0.2, 0.25) is 0 Å². The van der Waals surface area contributed by atoms with E-state index in [9.17, 15) is 8.42 Å². The van der Waals surface area contributed by atoms with Crippen LogP contribution in [0.4, 0.5) is 5.69 Å². The Morgan fingerprint density at radius 3 is 1.85 bits per heavy atom. The normalized spacial score (nSPS) is 11.4. The van der Waals surface area contributed by atoms with Gasteiger partial charge in [0, 0.05) is 5.69 Å². The average Bonchev–Trinajstić information content (AvgIpc) is 2.37. The van der Waals surface area contributed by atoms with E-state index in [4.69, 9.17) is 0 Å². The highest BCUT2D eigenvalue weighted by Crippen LogP contribution is 2.20. The molecule has 2 rings (SSSR count). The smallest absolute Gasteiger partial charge is 0.261 e. The van der Waals surface area contributed by atoms with Crippen LogP contribution >= 0.6 is 0 Å². The summed E-state index contributed by atoms with van der Waals surface area (Å²) in [5.41, 5.74) is 4.83. The van der Waals surface area contributed by atoms with Crippen molar-refractivity contribution in [1.82, 2.24) is 0 Å². The van der Waals surface area contributed by atoms with Crippen molar-refractivity contribution in [2.45, 2.75) is 32.6 Å². The minimum absolute atomic E-state index is 0.291. The molecule has 0 aromatic heterocycles. The van der Waals surface area contributed by atoms with Crippen LogP contribution in [0.25, 0.3) is 0 Å². The lowest BCUT2D eigenvalue weighted by Gasteiger charge is -2.11. The molecule has 3 nitrogen and oxygen atoms in total. The second-order valence-corrected chi connectivity index (χ2v) is 6.83. The number of aryl methyl sites for hydroxylation is 4. The van der Waals surface area contributed by atoms with Crippen molar-refractivity contribution in [1.29, 1.82) is 0 Å². The van der Waals surface area contributed by atoms with Crippen molar-refractivity contribution >= 4 is 15.7 Å². The highest BCUT2D eigenvalue weighted by Gasteiger charge is 2.15. The number of rotatable bonds is 3. The molecule has 0 heterocycles. The Balaban J connectivity index is 2.35. The minimum Gasteiger partial charge on any atom is -0.280 e. The van der Waals surface area contributed by atoms with Crippen molar-refractivity contribution in [3.8, 4) is 0 Å². The Labute approximate surface area is 120 Å². The number of hydrogen-bond donors (Lipinski definition) is 1. The fraction of sp³-hybridized carbons (Fsp3) is 0.250. The number of sulfonamides is 1. The van der Waals surface area contributed by atoms with Gasteiger partial charge in [0.2, 0.25) is 0 Å². The summed E-state index contributed by atoms with van der Waals surface area (Å²) in [6.45, 7) is 7.83. The van der Waals surface area contributed by atoms with Crippen LogP contribution in [-0.4, -0.2) is 8.42 Å². The first-order valence-corrected chi connectivity index (χ1v) is 7.95. The lowest BCUT2D eigenvalue weighted by atomic mass is 10.1. The summed E-state index contributed by atoms with van der Waals surface area (Å²) in [7, 11) is -3.53. The maximum atomic E-state index is 12.4. The zero-order chi connectivity index (χ0) is 14.9. The zero-order valence-corrected chi connectivity index (χ0v) is 13.0. The first kappa shape index (κ1) is 14.6. The van der Waals surface area contributed by atoms with Crippen molar-refractivity contribution in [2.24, 2.45) is 0 Å². The predicted molar refractivity (Wildman–Crippen MR) is 82.6 cm³/mol. The van der Waals surface area contributed by atoms with E-state index in [0.29, 0.717) is 10.6 Å². The van der Waals surface area contributed by atoms with E-state index in [1.165, 1.54) is 0 Å². The van der Waals surface area contributed by atoms with Gasteiger partial charge in [-0.2, -0.15) is 0 Å². The molecule has 2 aromatic carbocycles. The van der Waals surface area contributed by atoms with Crippen LogP contribution in [0, 0.1) is 27.7 Å². The van der Waals surface area contributed by atoms with Gasteiger partial charge >= 0.3 is 0 Å². The third-order valence-electron chi connectivity index (χ3n) is 3.55. The zero-order valence-electron chi connectivity index (χ0n) is 12.2. The van der Waals surface area contributed by atoms with Gasteiger partial charge in [0.05, 0.1) is 4.90 Å². The Morgan fingerprint density at radius 1 is 0.750 bits per heavy atom. The van der Waals surface area contributed by atoms with Crippen LogP contribution in [0.15, 0.2) is 41.3 Å². The molecule has 4 heteroatoms. The SMILES string of the molecule is Cc1ccc(NS(=O)(=O)c2ccc(C)c(C)c2)cc1C. The highest BCUT2D eigenvalue weighted by molar-refractivity contribution is 7.92. The van der Waals surface area contributed by atoms with Gasteiger partial charge in [-0.15, -0.1) is 0 Å². The van der Waals surface area contributed by atoms with Crippen LogP contribution in [-0.2, 0) is 10.0 Å². The van der Waals surface area contributed by atoms with Gasteiger partial charge in [-0.05, 0) is 74.2 Å². The summed E-state index contributed by atoms with van der Waals surface area (Å²) in [5.74, 6) is 0. The Hall–Kier alpha value is -1.81. The van der Waals surface area contributed by atoms with E-state index < -0.39 is 10.0 Å². The van der Waals surface area contributed by atoms with Gasteiger partial charge < -0.3 is 0 Å². The summed E-state index contributed by atoms with van der Waals surface area (Å²) >= 11 is 0. The standard InChI is InChI=1S/C16H19NO2S/c1-11-5-7-15(9-13(11)3)17-20(18,19)16-8-6-12(2)14(4)10-16/h5-10,17H,1-4H3. The summed E-state index contributed by atoms with van der Waals surface area (Å²) < 4.78 is 27.3. The van der Waals surface area contributed by atoms with Gasteiger partial charge in [-0.3, -0.25) is 4.72 Å². The van der Waals surface area contributed by atoms with E-state index in [1.54, 1.807) is 18.2 Å². The molecule has 0 spiro atoms. The maximum absolute atomic E-state index is 12.4. The minimum atomic E-state index is -3.53. The summed E-state index contributed by atoms with van der Waals surface area (Å²) in [6, 6.07) is 10.7. The molecule has 20 heavy (non-hydrogen) atoms. The van der Waals surface area contributed by atoms with E-state index in [0.717, 1.165) is 22.3 Å². The second kappa shape index (κ2) is 5.29. The molecule has 0 saturated heterocycles. The topological polar surface area (TPSA) is 46.2 Å². The number of benzene rings is 2. The molecule has 0 radical (unpaired) electrons. The molecule has 0 aliphatic carbocycles. The molecular weight excluding hydrogens is 270 g/mol. The first-order chi connectivity index (χ1) is 9.29. The quantitative estimate of drug-likeness (QED) is 0.936. The van der Waals surface area contributed by atoms with Crippen LogP contribution < -0.4 is 4.72 Å². The molecule has 0 saturated carbocycles. The van der Waals surface area contributed by atoms with Gasteiger partial charge in [0.25, 0.3) is 10.0 Å². The molecular formula is C16H19NO2S. The number of anilines is 1. The molecule has 0 unspecified atom stereocenters. The second-order valence-electron chi connectivity index (χ2n) is 5.15. The summed E-state index contributed by atoms with van der Waals surface area (Å²) in [6.07, 6.45) is 0. The fourth-order valence-corrected chi connectivity index (χ4v) is 3.03. The fourth-order valence-electron chi connectivity index (χ4n) is 1.90. The predicted octanol–water partition coefficient (Wildman–Crippen LogP) is 3.72. The summed E-state index contributed by atoms with van der Waals surface area (Å²) in [4.78, 5) is 0.291. The molecule has 0 amide bonds. The van der Waals surface area contributed by atoms with E-state index >= 15 is 0 Å². The Bertz CT molecular complexity index is 749. The van der Waals surface area contributed by atoms with Crippen molar-refractivity contribution in [3.05, 3.63) is 58.7 Å². The molecule has 1 N–H and O–H groups in total. The lowest BCUT2D eigenvalue weighted by Crippen LogP contribution is -2.13. The molecule has 2 aromatic rings. The van der Waals surface area contributed by atoms with Crippen molar-refractivity contribution < 1.29 is 8.42 Å². The molecule has 0 aliphatic rings. The van der Waals surface area contributed by atoms with Gasteiger partial charge in [-0.1, -0.05) is 12.1 Å². The van der Waals surface area contributed by atoms with E-state index in [1.807, 2.05) is 45.9 Å². The van der Waals surface area contributed by atoms with Crippen molar-refractivity contribution in [3.63, 3.8) is 0 Å². The van der Waals surface area contributed by atoms with Crippen molar-refractivity contribution in [2.75, 3.05) is 4.72 Å². The Kier molecular flexibility index (Phi) is 3.86. The number of nitrogens with one attached hydrogen (secondary N) is 1. The van der Waals surface area contributed by atoms with E-state index in [2.05, 4.69) is 4.72 Å². The first-order valence-electron chi connectivity index (χ1n) is 6.47. The maximum Gasteiger partial charge on any atom is 0.261 e. The van der Waals surface area contributed by atoms with Crippen LogP contribution in [0.5, 0.6) is 0 Å². The van der Waals surface area contributed by atoms with Crippen LogP contribution in [0.1, 0.15) is 22.3 Å². The molecule has 0 bridgehead atoms. The lowest BCUT2D eigenvalue weighted by molar-refractivity contribution is 0.601. The third kappa shape index (κ3) is 3.02. The van der Waals surface area contributed by atoms with Gasteiger partial charge in [0.1, 0.15) is 0 Å². The molecule has 0 aliphatic heterocycles. The largest absolute Gasteiger partial charge is 0.280 e. The van der Waals surface area contributed by atoms with Gasteiger partial charge in [0.15, 0.2) is 0 Å². The van der Waals surface area contributed by atoms with Gasteiger partial charge in [-0.25, -0.2) is 8.42 Å². The molecule has 0 atom stereocenters. The van der Waals surface area contributed by atoms with E-state index in [-0.39, 0.29) is 0 Å². The Morgan fingerprint density at radius 2 is 1.30 bits per heavy atom. The third-order valence-corrected chi connectivity index (χ3v) is 4.93. The monoisotopic (exact) mass is 289 g/mol. The average molecular weight is 289 g/mol.